The Morgan fingerprint density at radius 1 is 1.58 bits per heavy atom. The van der Waals surface area contributed by atoms with Gasteiger partial charge in [0.05, 0.1) is 12.5 Å². The van der Waals surface area contributed by atoms with Crippen molar-refractivity contribution in [3.63, 3.8) is 0 Å². The number of nitrogens with two attached hydrogens (primary N) is 1. The first kappa shape index (κ1) is 9.24. The van der Waals surface area contributed by atoms with Gasteiger partial charge in [0.25, 0.3) is 0 Å². The molecule has 1 atom stereocenters. The van der Waals surface area contributed by atoms with E-state index >= 15 is 0 Å². The van der Waals surface area contributed by atoms with E-state index in [1.165, 1.54) is 0 Å². The molecule has 12 heavy (non-hydrogen) atoms. The summed E-state index contributed by atoms with van der Waals surface area (Å²) in [5, 5.41) is 8.43. The second kappa shape index (κ2) is 4.24. The molecule has 0 saturated heterocycles. The molecule has 0 fully saturated rings. The third-order valence-corrected chi connectivity index (χ3v) is 2.08. The van der Waals surface area contributed by atoms with Gasteiger partial charge in [-0.1, -0.05) is 28.1 Å². The summed E-state index contributed by atoms with van der Waals surface area (Å²) < 4.78 is 0.994. The van der Waals surface area contributed by atoms with Crippen LogP contribution in [0.5, 0.6) is 0 Å². The van der Waals surface area contributed by atoms with Gasteiger partial charge in [-0.3, -0.25) is 0 Å². The Hall–Kier alpha value is -0.850. The quantitative estimate of drug-likeness (QED) is 0.839. The average Bonchev–Trinajstić information content (AvgIpc) is 2.05. The molecule has 1 rings (SSSR count). The van der Waals surface area contributed by atoms with Crippen molar-refractivity contribution < 1.29 is 0 Å². The number of nitrogens with zero attached hydrogens (tertiary/aromatic N) is 1. The Morgan fingerprint density at radius 3 is 2.92 bits per heavy atom. The highest BCUT2D eigenvalue weighted by atomic mass is 79.9. The summed E-state index contributed by atoms with van der Waals surface area (Å²) in [6.45, 7) is 0. The molecule has 0 amide bonds. The summed E-state index contributed by atoms with van der Waals surface area (Å²) in [4.78, 5) is 0. The van der Waals surface area contributed by atoms with Gasteiger partial charge < -0.3 is 5.73 Å². The van der Waals surface area contributed by atoms with E-state index in [2.05, 4.69) is 15.9 Å². The van der Waals surface area contributed by atoms with E-state index < -0.39 is 0 Å². The highest BCUT2D eigenvalue weighted by Gasteiger charge is 2.04. The van der Waals surface area contributed by atoms with Gasteiger partial charge in [-0.05, 0) is 17.7 Å². The molecule has 0 aromatic heterocycles. The van der Waals surface area contributed by atoms with Crippen LogP contribution in [0.25, 0.3) is 0 Å². The minimum Gasteiger partial charge on any atom is -0.323 e. The van der Waals surface area contributed by atoms with Gasteiger partial charge in [-0.25, -0.2) is 0 Å². The van der Waals surface area contributed by atoms with Crippen LogP contribution in [0.4, 0.5) is 0 Å². The lowest BCUT2D eigenvalue weighted by Crippen LogP contribution is -2.08. The monoisotopic (exact) mass is 224 g/mol. The van der Waals surface area contributed by atoms with Crippen molar-refractivity contribution in [1.82, 2.24) is 0 Å². The minimum absolute atomic E-state index is 0.174. The molecule has 3 heteroatoms. The fourth-order valence-electron chi connectivity index (χ4n) is 0.953. The van der Waals surface area contributed by atoms with E-state index in [9.17, 15) is 0 Å². The Morgan fingerprint density at radius 2 is 2.33 bits per heavy atom. The zero-order valence-corrected chi connectivity index (χ0v) is 8.08. The van der Waals surface area contributed by atoms with Crippen LogP contribution < -0.4 is 5.73 Å². The molecule has 0 bridgehead atoms. The third-order valence-electron chi connectivity index (χ3n) is 1.59. The van der Waals surface area contributed by atoms with Crippen LogP contribution in [-0.2, 0) is 0 Å². The summed E-state index contributed by atoms with van der Waals surface area (Å²) in [7, 11) is 0. The standard InChI is InChI=1S/C9H9BrN2/c10-8-3-1-2-7(6-8)9(12)4-5-11/h1-3,6,9H,4,12H2/t9-/m1/s1. The molecule has 0 aliphatic carbocycles. The van der Waals surface area contributed by atoms with E-state index in [1.807, 2.05) is 30.3 Å². The summed E-state index contributed by atoms with van der Waals surface area (Å²) in [5.41, 5.74) is 6.72. The predicted octanol–water partition coefficient (Wildman–Crippen LogP) is 2.36. The molecular weight excluding hydrogens is 216 g/mol. The van der Waals surface area contributed by atoms with Crippen LogP contribution in [0.1, 0.15) is 18.0 Å². The maximum absolute atomic E-state index is 8.43. The summed E-state index contributed by atoms with van der Waals surface area (Å²) in [5.74, 6) is 0. The lowest BCUT2D eigenvalue weighted by atomic mass is 10.1. The molecule has 1 aromatic rings. The Kier molecular flexibility index (Phi) is 3.27. The van der Waals surface area contributed by atoms with Crippen LogP contribution in [0, 0.1) is 11.3 Å². The molecule has 2 N–H and O–H groups in total. The van der Waals surface area contributed by atoms with Crippen molar-refractivity contribution >= 4 is 15.9 Å². The Labute approximate surface area is 80.1 Å². The number of nitriles is 1. The summed E-state index contributed by atoms with van der Waals surface area (Å²) >= 11 is 3.34. The van der Waals surface area contributed by atoms with Gasteiger partial charge in [-0.2, -0.15) is 5.26 Å². The third kappa shape index (κ3) is 2.33. The average molecular weight is 225 g/mol. The largest absolute Gasteiger partial charge is 0.323 e. The van der Waals surface area contributed by atoms with Crippen LogP contribution in [0.3, 0.4) is 0 Å². The first-order chi connectivity index (χ1) is 5.74. The molecule has 0 aliphatic rings. The molecule has 0 radical (unpaired) electrons. The molecule has 0 aliphatic heterocycles. The van der Waals surface area contributed by atoms with Crippen molar-refractivity contribution in [2.75, 3.05) is 0 Å². The topological polar surface area (TPSA) is 49.8 Å². The van der Waals surface area contributed by atoms with Crippen molar-refractivity contribution in [2.24, 2.45) is 5.73 Å². The van der Waals surface area contributed by atoms with Crippen LogP contribution in [0.15, 0.2) is 28.7 Å². The number of rotatable bonds is 2. The first-order valence-corrected chi connectivity index (χ1v) is 4.41. The summed E-state index contributed by atoms with van der Waals surface area (Å²) in [6.07, 6.45) is 0.358. The van der Waals surface area contributed by atoms with Crippen LogP contribution in [-0.4, -0.2) is 0 Å². The van der Waals surface area contributed by atoms with Crippen molar-refractivity contribution in [2.45, 2.75) is 12.5 Å². The molecule has 0 saturated carbocycles. The first-order valence-electron chi connectivity index (χ1n) is 3.62. The van der Waals surface area contributed by atoms with Crippen molar-refractivity contribution in [3.8, 4) is 6.07 Å². The van der Waals surface area contributed by atoms with Gasteiger partial charge in [0, 0.05) is 10.5 Å². The van der Waals surface area contributed by atoms with E-state index in [0.29, 0.717) is 6.42 Å². The van der Waals surface area contributed by atoms with Crippen LogP contribution >= 0.6 is 15.9 Å². The number of hydrogen-bond acceptors (Lipinski definition) is 2. The maximum Gasteiger partial charge on any atom is 0.0641 e. The fourth-order valence-corrected chi connectivity index (χ4v) is 1.37. The Balaban J connectivity index is 2.82. The molecule has 62 valence electrons. The minimum atomic E-state index is -0.174. The lowest BCUT2D eigenvalue weighted by Gasteiger charge is -2.07. The lowest BCUT2D eigenvalue weighted by molar-refractivity contribution is 0.748. The fraction of sp³-hybridized carbons (Fsp3) is 0.222. The van der Waals surface area contributed by atoms with E-state index in [-0.39, 0.29) is 6.04 Å². The SMILES string of the molecule is N#CC[C@@H](N)c1cccc(Br)c1. The zero-order valence-electron chi connectivity index (χ0n) is 6.50. The molecule has 2 nitrogen and oxygen atoms in total. The Bertz CT molecular complexity index is 304. The number of halogens is 1. The highest BCUT2D eigenvalue weighted by Crippen LogP contribution is 2.18. The number of hydrogen-bond donors (Lipinski definition) is 1. The molecule has 1 aromatic carbocycles. The van der Waals surface area contributed by atoms with Gasteiger partial charge >= 0.3 is 0 Å². The van der Waals surface area contributed by atoms with Gasteiger partial charge in [0.1, 0.15) is 0 Å². The van der Waals surface area contributed by atoms with Crippen molar-refractivity contribution in [1.29, 1.82) is 5.26 Å². The normalized spacial score (nSPS) is 12.1. The van der Waals surface area contributed by atoms with E-state index in [0.717, 1.165) is 10.0 Å². The predicted molar refractivity (Wildman–Crippen MR) is 51.3 cm³/mol. The second-order valence-corrected chi connectivity index (χ2v) is 3.44. The maximum atomic E-state index is 8.43. The molecule has 0 heterocycles. The van der Waals surface area contributed by atoms with Crippen molar-refractivity contribution in [3.05, 3.63) is 34.3 Å². The van der Waals surface area contributed by atoms with Gasteiger partial charge in [0.2, 0.25) is 0 Å². The van der Waals surface area contributed by atoms with Gasteiger partial charge in [0.15, 0.2) is 0 Å². The molecular formula is C9H9BrN2. The smallest absolute Gasteiger partial charge is 0.0641 e. The van der Waals surface area contributed by atoms with Gasteiger partial charge in [-0.15, -0.1) is 0 Å². The zero-order chi connectivity index (χ0) is 8.97. The molecule has 0 unspecified atom stereocenters. The number of benzene rings is 1. The highest BCUT2D eigenvalue weighted by molar-refractivity contribution is 9.10. The summed E-state index contributed by atoms with van der Waals surface area (Å²) in [6, 6.07) is 9.57. The van der Waals surface area contributed by atoms with E-state index in [1.54, 1.807) is 0 Å². The van der Waals surface area contributed by atoms with E-state index in [4.69, 9.17) is 11.0 Å². The second-order valence-electron chi connectivity index (χ2n) is 2.52. The van der Waals surface area contributed by atoms with Crippen LogP contribution in [0.2, 0.25) is 0 Å². The molecule has 0 spiro atoms.